The van der Waals surface area contributed by atoms with E-state index in [2.05, 4.69) is 17.6 Å². The number of piperidine rings is 1. The van der Waals surface area contributed by atoms with Crippen LogP contribution in [0.25, 0.3) is 0 Å². The fraction of sp³-hybridized carbons (Fsp3) is 0.857. The lowest BCUT2D eigenvalue weighted by atomic mass is 9.81. The van der Waals surface area contributed by atoms with E-state index in [1.165, 1.54) is 19.5 Å². The Hall–Kier alpha value is -0.0800. The summed E-state index contributed by atoms with van der Waals surface area (Å²) in [6.07, 6.45) is 1.34. The van der Waals surface area contributed by atoms with Crippen LogP contribution in [0.3, 0.4) is 0 Å². The highest BCUT2D eigenvalue weighted by atomic mass is 15.1. The largest absolute Gasteiger partial charge is 0.312 e. The Morgan fingerprint density at radius 2 is 2.44 bits per heavy atom. The van der Waals surface area contributed by atoms with Gasteiger partial charge >= 0.3 is 0 Å². The summed E-state index contributed by atoms with van der Waals surface area (Å²) in [6, 6.07) is 2.17. The van der Waals surface area contributed by atoms with Crippen LogP contribution in [0, 0.1) is 12.0 Å². The van der Waals surface area contributed by atoms with Crippen molar-refractivity contribution < 1.29 is 0 Å². The quantitative estimate of drug-likeness (QED) is 0.480. The number of nitrogens with one attached hydrogen (secondary N) is 2. The molecule has 0 spiro atoms. The third-order valence-corrected chi connectivity index (χ3v) is 2.40. The number of fused-ring (bicyclic) bond motifs is 1. The van der Waals surface area contributed by atoms with Crippen LogP contribution in [-0.4, -0.2) is 19.1 Å². The first-order valence-corrected chi connectivity index (χ1v) is 3.72. The van der Waals surface area contributed by atoms with Crippen molar-refractivity contribution in [3.05, 3.63) is 6.04 Å². The molecule has 2 unspecified atom stereocenters. The van der Waals surface area contributed by atoms with E-state index in [-0.39, 0.29) is 0 Å². The van der Waals surface area contributed by atoms with Crippen molar-refractivity contribution in [2.45, 2.75) is 19.4 Å². The minimum Gasteiger partial charge on any atom is -0.312 e. The van der Waals surface area contributed by atoms with Crippen LogP contribution in [0.1, 0.15) is 13.3 Å². The summed E-state index contributed by atoms with van der Waals surface area (Å²) in [5.74, 6) is 0.904. The van der Waals surface area contributed by atoms with E-state index in [1.54, 1.807) is 6.04 Å². The van der Waals surface area contributed by atoms with Crippen LogP contribution >= 0.6 is 0 Å². The third-order valence-electron chi connectivity index (χ3n) is 2.40. The Morgan fingerprint density at radius 1 is 1.56 bits per heavy atom. The van der Waals surface area contributed by atoms with Crippen molar-refractivity contribution >= 4 is 0 Å². The van der Waals surface area contributed by atoms with Gasteiger partial charge in [-0.2, -0.15) is 0 Å². The zero-order chi connectivity index (χ0) is 6.27. The van der Waals surface area contributed by atoms with Crippen molar-refractivity contribution in [1.82, 2.24) is 10.6 Å². The summed E-state index contributed by atoms with van der Waals surface area (Å²) >= 11 is 0. The van der Waals surface area contributed by atoms with Crippen LogP contribution in [-0.2, 0) is 0 Å². The van der Waals surface area contributed by atoms with Crippen molar-refractivity contribution in [1.29, 1.82) is 0 Å². The summed E-state index contributed by atoms with van der Waals surface area (Å²) in [4.78, 5) is 0. The van der Waals surface area contributed by atoms with E-state index in [0.717, 1.165) is 5.92 Å². The molecule has 2 nitrogen and oxygen atoms in total. The van der Waals surface area contributed by atoms with Crippen molar-refractivity contribution in [3.8, 4) is 0 Å². The molecule has 0 aromatic rings. The SMILES string of the molecule is CC1NCCC2CN[C]21. The summed E-state index contributed by atoms with van der Waals surface area (Å²) in [5, 5.41) is 6.77. The second-order valence-corrected chi connectivity index (χ2v) is 3.00. The molecule has 2 rings (SSSR count). The maximum Gasteiger partial charge on any atom is 0.0576 e. The normalized spacial score (nSPS) is 43.7. The van der Waals surface area contributed by atoms with Crippen LogP contribution in [0.15, 0.2) is 0 Å². The van der Waals surface area contributed by atoms with Gasteiger partial charge in [0.2, 0.25) is 0 Å². The molecule has 2 aliphatic rings. The standard InChI is InChI=1S/C7H13N2/c1-5-7-6(4-9-7)2-3-8-5/h5-6,8-9H,2-4H2,1H3. The minimum atomic E-state index is 0.623. The Morgan fingerprint density at radius 3 is 2.89 bits per heavy atom. The second kappa shape index (κ2) is 1.96. The van der Waals surface area contributed by atoms with Gasteiger partial charge in [-0.15, -0.1) is 0 Å². The molecule has 2 N–H and O–H groups in total. The van der Waals surface area contributed by atoms with Crippen LogP contribution in [0.2, 0.25) is 0 Å². The Bertz CT molecular complexity index is 107. The van der Waals surface area contributed by atoms with Gasteiger partial charge in [0.15, 0.2) is 0 Å². The molecule has 0 aliphatic carbocycles. The highest BCUT2D eigenvalue weighted by Gasteiger charge is 2.37. The van der Waals surface area contributed by atoms with E-state index >= 15 is 0 Å². The number of rotatable bonds is 0. The van der Waals surface area contributed by atoms with Crippen LogP contribution in [0.5, 0.6) is 0 Å². The molecule has 2 saturated heterocycles. The molecule has 0 aromatic carbocycles. The molecule has 0 amide bonds. The first-order valence-electron chi connectivity index (χ1n) is 3.72. The molecule has 0 bridgehead atoms. The molecule has 9 heavy (non-hydrogen) atoms. The first kappa shape index (κ1) is 5.69. The summed E-state index contributed by atoms with van der Waals surface area (Å²) < 4.78 is 0. The molecule has 2 atom stereocenters. The maximum absolute atomic E-state index is 3.41. The van der Waals surface area contributed by atoms with Gasteiger partial charge in [-0.1, -0.05) is 0 Å². The summed E-state index contributed by atoms with van der Waals surface area (Å²) in [6.45, 7) is 4.66. The Labute approximate surface area is 56.0 Å². The van der Waals surface area contributed by atoms with Gasteiger partial charge < -0.3 is 10.6 Å². The Balaban J connectivity index is 1.98. The van der Waals surface area contributed by atoms with E-state index < -0.39 is 0 Å². The van der Waals surface area contributed by atoms with E-state index in [0.29, 0.717) is 6.04 Å². The average Bonchev–Trinajstić information content (AvgIpc) is 1.74. The van der Waals surface area contributed by atoms with Gasteiger partial charge in [0.05, 0.1) is 6.04 Å². The van der Waals surface area contributed by atoms with Gasteiger partial charge in [-0.05, 0) is 25.8 Å². The van der Waals surface area contributed by atoms with Crippen molar-refractivity contribution in [2.75, 3.05) is 13.1 Å². The fourth-order valence-electron chi connectivity index (χ4n) is 1.71. The zero-order valence-corrected chi connectivity index (χ0v) is 5.78. The molecule has 2 aliphatic heterocycles. The van der Waals surface area contributed by atoms with Crippen molar-refractivity contribution in [2.24, 2.45) is 5.92 Å². The first-order chi connectivity index (χ1) is 4.38. The van der Waals surface area contributed by atoms with E-state index in [1.807, 2.05) is 0 Å². The molecule has 1 radical (unpaired) electrons. The van der Waals surface area contributed by atoms with Crippen LogP contribution in [0.4, 0.5) is 0 Å². The second-order valence-electron chi connectivity index (χ2n) is 3.00. The summed E-state index contributed by atoms with van der Waals surface area (Å²) in [5.41, 5.74) is 0. The topological polar surface area (TPSA) is 24.1 Å². The monoisotopic (exact) mass is 125 g/mol. The molecular weight excluding hydrogens is 112 g/mol. The minimum absolute atomic E-state index is 0.623. The molecule has 0 aromatic heterocycles. The van der Waals surface area contributed by atoms with E-state index in [4.69, 9.17) is 0 Å². The maximum atomic E-state index is 3.41. The van der Waals surface area contributed by atoms with Gasteiger partial charge in [0.25, 0.3) is 0 Å². The smallest absolute Gasteiger partial charge is 0.0576 e. The fourth-order valence-corrected chi connectivity index (χ4v) is 1.71. The third kappa shape index (κ3) is 0.775. The van der Waals surface area contributed by atoms with Gasteiger partial charge in [-0.3, -0.25) is 0 Å². The van der Waals surface area contributed by atoms with Gasteiger partial charge in [-0.25, -0.2) is 0 Å². The molecule has 0 saturated carbocycles. The Kier molecular flexibility index (Phi) is 1.24. The van der Waals surface area contributed by atoms with Gasteiger partial charge in [0, 0.05) is 12.6 Å². The molecule has 2 heteroatoms. The lowest BCUT2D eigenvalue weighted by molar-refractivity contribution is 0.231. The highest BCUT2D eigenvalue weighted by molar-refractivity contribution is 5.13. The lowest BCUT2D eigenvalue weighted by Crippen LogP contribution is -2.59. The van der Waals surface area contributed by atoms with Gasteiger partial charge in [0.1, 0.15) is 0 Å². The predicted molar refractivity (Wildman–Crippen MR) is 36.8 cm³/mol. The molecule has 51 valence electrons. The zero-order valence-electron chi connectivity index (χ0n) is 5.78. The lowest BCUT2D eigenvalue weighted by Gasteiger charge is -2.45. The predicted octanol–water partition coefficient (Wildman–Crippen LogP) is 0.120. The molecule has 2 fully saturated rings. The van der Waals surface area contributed by atoms with Crippen LogP contribution < -0.4 is 10.6 Å². The van der Waals surface area contributed by atoms with Crippen molar-refractivity contribution in [3.63, 3.8) is 0 Å². The van der Waals surface area contributed by atoms with E-state index in [9.17, 15) is 0 Å². The number of hydrogen-bond donors (Lipinski definition) is 2. The molecule has 2 heterocycles. The summed E-state index contributed by atoms with van der Waals surface area (Å²) in [7, 11) is 0. The molecular formula is C7H13N2. The number of hydrogen-bond acceptors (Lipinski definition) is 2. The average molecular weight is 125 g/mol. The highest BCUT2D eigenvalue weighted by Crippen LogP contribution is 2.29.